The highest BCUT2D eigenvalue weighted by molar-refractivity contribution is 5.78. The van der Waals surface area contributed by atoms with Crippen molar-refractivity contribution in [3.8, 4) is 0 Å². The molecule has 5 heteroatoms. The van der Waals surface area contributed by atoms with Crippen molar-refractivity contribution in [2.24, 2.45) is 16.5 Å². The van der Waals surface area contributed by atoms with E-state index in [9.17, 15) is 4.79 Å². The van der Waals surface area contributed by atoms with Gasteiger partial charge in [-0.1, -0.05) is 25.5 Å². The summed E-state index contributed by atoms with van der Waals surface area (Å²) < 4.78 is 5.02. The molecule has 0 saturated heterocycles. The van der Waals surface area contributed by atoms with E-state index in [0.29, 0.717) is 12.2 Å². The molecule has 0 bridgehead atoms. The molecule has 5 nitrogen and oxygen atoms in total. The molecule has 1 aromatic carbocycles. The standard InChI is InChI=1S/C12H17N3O2/c1-2-3-11(17-8-16)9-4-6-10(7-5-9)15-12(13)14/h4-8,11H,2-3H2,1H3,(H4,13,14,15). The number of rotatable bonds is 6. The van der Waals surface area contributed by atoms with Crippen LogP contribution >= 0.6 is 0 Å². The molecule has 0 aromatic heterocycles. The first-order valence-corrected chi connectivity index (χ1v) is 5.46. The predicted molar refractivity (Wildman–Crippen MR) is 66.7 cm³/mol. The summed E-state index contributed by atoms with van der Waals surface area (Å²) in [6, 6.07) is 7.27. The first-order chi connectivity index (χ1) is 8.17. The van der Waals surface area contributed by atoms with Crippen molar-refractivity contribution in [2.75, 3.05) is 0 Å². The molecule has 1 atom stereocenters. The Balaban J connectivity index is 2.83. The fraction of sp³-hybridized carbons (Fsp3) is 0.333. The summed E-state index contributed by atoms with van der Waals surface area (Å²) in [7, 11) is 0. The van der Waals surface area contributed by atoms with Crippen molar-refractivity contribution in [1.29, 1.82) is 0 Å². The van der Waals surface area contributed by atoms with Gasteiger partial charge in [0.05, 0.1) is 5.69 Å². The average Bonchev–Trinajstić information content (AvgIpc) is 2.29. The summed E-state index contributed by atoms with van der Waals surface area (Å²) >= 11 is 0. The fourth-order valence-electron chi connectivity index (χ4n) is 1.56. The normalized spacial score (nSPS) is 11.6. The van der Waals surface area contributed by atoms with Gasteiger partial charge < -0.3 is 16.2 Å². The maximum absolute atomic E-state index is 10.4. The number of benzene rings is 1. The van der Waals surface area contributed by atoms with Crippen molar-refractivity contribution in [3.63, 3.8) is 0 Å². The smallest absolute Gasteiger partial charge is 0.293 e. The van der Waals surface area contributed by atoms with Gasteiger partial charge in [-0.25, -0.2) is 4.99 Å². The highest BCUT2D eigenvalue weighted by Gasteiger charge is 2.10. The zero-order valence-corrected chi connectivity index (χ0v) is 9.80. The third kappa shape index (κ3) is 4.14. The van der Waals surface area contributed by atoms with Crippen LogP contribution in [-0.2, 0) is 9.53 Å². The Morgan fingerprint density at radius 1 is 1.41 bits per heavy atom. The number of nitrogens with two attached hydrogens (primary N) is 2. The number of hydrogen-bond donors (Lipinski definition) is 2. The molecule has 0 heterocycles. The van der Waals surface area contributed by atoms with Crippen LogP contribution in [0.4, 0.5) is 5.69 Å². The van der Waals surface area contributed by atoms with E-state index in [4.69, 9.17) is 16.2 Å². The van der Waals surface area contributed by atoms with Crippen molar-refractivity contribution < 1.29 is 9.53 Å². The second-order valence-electron chi connectivity index (χ2n) is 3.64. The molecule has 0 aliphatic carbocycles. The Bertz CT molecular complexity index is 383. The lowest BCUT2D eigenvalue weighted by atomic mass is 10.0. The first kappa shape index (κ1) is 13.0. The van der Waals surface area contributed by atoms with Gasteiger partial charge in [0, 0.05) is 0 Å². The molecule has 0 radical (unpaired) electrons. The summed E-state index contributed by atoms with van der Waals surface area (Å²) in [5, 5.41) is 0. The number of ether oxygens (including phenoxy) is 1. The summed E-state index contributed by atoms with van der Waals surface area (Å²) in [5.41, 5.74) is 12.2. The molecule has 0 aliphatic rings. The second kappa shape index (κ2) is 6.52. The van der Waals surface area contributed by atoms with E-state index in [1.165, 1.54) is 0 Å². The van der Waals surface area contributed by atoms with Gasteiger partial charge in [0.1, 0.15) is 6.10 Å². The molecule has 0 aliphatic heterocycles. The highest BCUT2D eigenvalue weighted by Crippen LogP contribution is 2.24. The molecule has 0 amide bonds. The number of carbonyl (C=O) groups excluding carboxylic acids is 1. The van der Waals surface area contributed by atoms with Gasteiger partial charge in [-0.2, -0.15) is 0 Å². The van der Waals surface area contributed by atoms with Crippen LogP contribution < -0.4 is 11.5 Å². The lowest BCUT2D eigenvalue weighted by Gasteiger charge is -2.14. The van der Waals surface area contributed by atoms with Crippen molar-refractivity contribution in [1.82, 2.24) is 0 Å². The van der Waals surface area contributed by atoms with E-state index in [1.54, 1.807) is 12.1 Å². The Hall–Kier alpha value is -2.04. The topological polar surface area (TPSA) is 90.7 Å². The van der Waals surface area contributed by atoms with Crippen LogP contribution in [0.1, 0.15) is 31.4 Å². The molecule has 0 saturated carbocycles. The van der Waals surface area contributed by atoms with Crippen LogP contribution in [0, 0.1) is 0 Å². The molecule has 1 rings (SSSR count). The number of aliphatic imine (C=N–C) groups is 1. The van der Waals surface area contributed by atoms with Gasteiger partial charge in [-0.3, -0.25) is 4.79 Å². The average molecular weight is 235 g/mol. The third-order valence-corrected chi connectivity index (χ3v) is 2.29. The predicted octanol–water partition coefficient (Wildman–Crippen LogP) is 1.61. The van der Waals surface area contributed by atoms with Crippen LogP contribution in [0.3, 0.4) is 0 Å². The maximum atomic E-state index is 10.4. The quantitative estimate of drug-likeness (QED) is 0.445. The van der Waals surface area contributed by atoms with Gasteiger partial charge in [-0.15, -0.1) is 0 Å². The zero-order chi connectivity index (χ0) is 12.7. The molecule has 17 heavy (non-hydrogen) atoms. The highest BCUT2D eigenvalue weighted by atomic mass is 16.5. The van der Waals surface area contributed by atoms with Crippen LogP contribution in [0.25, 0.3) is 0 Å². The van der Waals surface area contributed by atoms with Crippen molar-refractivity contribution in [2.45, 2.75) is 25.9 Å². The van der Waals surface area contributed by atoms with E-state index >= 15 is 0 Å². The SMILES string of the molecule is CCCC(OC=O)c1ccc(N=C(N)N)cc1. The molecule has 1 aromatic rings. The molecular weight excluding hydrogens is 218 g/mol. The minimum atomic E-state index is -0.203. The summed E-state index contributed by atoms with van der Waals surface area (Å²) in [5.74, 6) is 0.0204. The van der Waals surface area contributed by atoms with Crippen LogP contribution in [-0.4, -0.2) is 12.4 Å². The number of nitrogens with zero attached hydrogens (tertiary/aromatic N) is 1. The number of hydrogen-bond acceptors (Lipinski definition) is 3. The lowest BCUT2D eigenvalue weighted by Crippen LogP contribution is -2.21. The van der Waals surface area contributed by atoms with Gasteiger partial charge in [0.15, 0.2) is 5.96 Å². The van der Waals surface area contributed by atoms with Gasteiger partial charge >= 0.3 is 0 Å². The summed E-state index contributed by atoms with van der Waals surface area (Å²) in [6.07, 6.45) is 1.53. The molecule has 0 fully saturated rings. The molecule has 4 N–H and O–H groups in total. The van der Waals surface area contributed by atoms with E-state index in [-0.39, 0.29) is 12.1 Å². The van der Waals surface area contributed by atoms with Crippen LogP contribution in [0.2, 0.25) is 0 Å². The number of guanidine groups is 1. The van der Waals surface area contributed by atoms with E-state index < -0.39 is 0 Å². The molecule has 92 valence electrons. The van der Waals surface area contributed by atoms with E-state index in [2.05, 4.69) is 4.99 Å². The summed E-state index contributed by atoms with van der Waals surface area (Å²) in [6.45, 7) is 2.51. The first-order valence-electron chi connectivity index (χ1n) is 5.46. The molecular formula is C12H17N3O2. The third-order valence-electron chi connectivity index (χ3n) is 2.29. The lowest BCUT2D eigenvalue weighted by molar-refractivity contribution is -0.134. The minimum absolute atomic E-state index is 0.0204. The van der Waals surface area contributed by atoms with E-state index in [1.807, 2.05) is 19.1 Å². The van der Waals surface area contributed by atoms with Gasteiger partial charge in [0.2, 0.25) is 0 Å². The zero-order valence-electron chi connectivity index (χ0n) is 9.80. The Morgan fingerprint density at radius 2 is 2.06 bits per heavy atom. The van der Waals surface area contributed by atoms with E-state index in [0.717, 1.165) is 18.4 Å². The summed E-state index contributed by atoms with van der Waals surface area (Å²) in [4.78, 5) is 14.3. The van der Waals surface area contributed by atoms with Crippen LogP contribution in [0.5, 0.6) is 0 Å². The van der Waals surface area contributed by atoms with Gasteiger partial charge in [-0.05, 0) is 24.1 Å². The monoisotopic (exact) mass is 235 g/mol. The Morgan fingerprint density at radius 3 is 2.53 bits per heavy atom. The second-order valence-corrected chi connectivity index (χ2v) is 3.64. The van der Waals surface area contributed by atoms with Crippen LogP contribution in [0.15, 0.2) is 29.3 Å². The van der Waals surface area contributed by atoms with Crippen molar-refractivity contribution in [3.05, 3.63) is 29.8 Å². The van der Waals surface area contributed by atoms with Crippen molar-refractivity contribution >= 4 is 18.1 Å². The molecule has 0 spiro atoms. The minimum Gasteiger partial charge on any atom is -0.460 e. The largest absolute Gasteiger partial charge is 0.460 e. The number of carbonyl (C=O) groups is 1. The molecule has 1 unspecified atom stereocenters. The maximum Gasteiger partial charge on any atom is 0.293 e. The van der Waals surface area contributed by atoms with Gasteiger partial charge in [0.25, 0.3) is 6.47 Å². The fourth-order valence-corrected chi connectivity index (χ4v) is 1.56. The Kier molecular flexibility index (Phi) is 5.00. The Labute approximate surface area is 100 Å².